The minimum Gasteiger partial charge on any atom is -0.467 e. The van der Waals surface area contributed by atoms with Gasteiger partial charge in [0.25, 0.3) is 0 Å². The summed E-state index contributed by atoms with van der Waals surface area (Å²) < 4.78 is 9.90. The summed E-state index contributed by atoms with van der Waals surface area (Å²) in [5.74, 6) is 0.491. The van der Waals surface area contributed by atoms with Crippen molar-refractivity contribution in [3.8, 4) is 0 Å². The predicted octanol–water partition coefficient (Wildman–Crippen LogP) is 1.17. The number of furan rings is 1. The standard InChI is InChI=1S/C14H20N2O4/c1-10(8-16-5-3-4-13(16)17)15-7-12-6-11(9-20-12)14(18)19-2/h6,9-10,15H,3-5,7-8H2,1-2H3. The summed E-state index contributed by atoms with van der Waals surface area (Å²) in [6, 6.07) is 1.83. The van der Waals surface area contributed by atoms with Gasteiger partial charge in [0.1, 0.15) is 12.0 Å². The second kappa shape index (κ2) is 6.56. The van der Waals surface area contributed by atoms with Crippen LogP contribution in [-0.2, 0) is 16.1 Å². The van der Waals surface area contributed by atoms with E-state index in [1.165, 1.54) is 13.4 Å². The molecule has 0 saturated carbocycles. The van der Waals surface area contributed by atoms with E-state index in [4.69, 9.17) is 4.42 Å². The summed E-state index contributed by atoms with van der Waals surface area (Å²) in [4.78, 5) is 24.7. The average molecular weight is 280 g/mol. The minimum absolute atomic E-state index is 0.170. The summed E-state index contributed by atoms with van der Waals surface area (Å²) in [5, 5.41) is 3.28. The Hall–Kier alpha value is -1.82. The molecule has 0 bridgehead atoms. The Kier molecular flexibility index (Phi) is 4.79. The van der Waals surface area contributed by atoms with Gasteiger partial charge in [-0.15, -0.1) is 0 Å². The van der Waals surface area contributed by atoms with Crippen LogP contribution in [0.5, 0.6) is 0 Å². The molecule has 0 aliphatic carbocycles. The molecule has 2 heterocycles. The van der Waals surface area contributed by atoms with Gasteiger partial charge in [0.15, 0.2) is 0 Å². The number of amides is 1. The van der Waals surface area contributed by atoms with Crippen molar-refractivity contribution < 1.29 is 18.7 Å². The molecule has 1 aliphatic rings. The third-order valence-corrected chi connectivity index (χ3v) is 3.37. The Morgan fingerprint density at radius 1 is 1.60 bits per heavy atom. The second-order valence-electron chi connectivity index (χ2n) is 5.02. The van der Waals surface area contributed by atoms with E-state index in [1.54, 1.807) is 6.07 Å². The molecule has 0 aromatic carbocycles. The summed E-state index contributed by atoms with van der Waals surface area (Å²) in [6.45, 7) is 4.08. The van der Waals surface area contributed by atoms with E-state index in [2.05, 4.69) is 10.1 Å². The zero-order valence-electron chi connectivity index (χ0n) is 11.8. The molecule has 2 rings (SSSR count). The molecule has 0 radical (unpaired) electrons. The topological polar surface area (TPSA) is 71.8 Å². The van der Waals surface area contributed by atoms with Crippen LogP contribution in [0.3, 0.4) is 0 Å². The molecule has 1 fully saturated rings. The first-order valence-electron chi connectivity index (χ1n) is 6.77. The summed E-state index contributed by atoms with van der Waals surface area (Å²) >= 11 is 0. The summed E-state index contributed by atoms with van der Waals surface area (Å²) in [5.41, 5.74) is 0.409. The maximum Gasteiger partial charge on any atom is 0.341 e. The van der Waals surface area contributed by atoms with Crippen molar-refractivity contribution in [2.24, 2.45) is 0 Å². The lowest BCUT2D eigenvalue weighted by atomic mass is 10.2. The highest BCUT2D eigenvalue weighted by Gasteiger charge is 2.21. The van der Waals surface area contributed by atoms with E-state index < -0.39 is 5.97 Å². The van der Waals surface area contributed by atoms with Gasteiger partial charge < -0.3 is 19.4 Å². The Morgan fingerprint density at radius 2 is 2.40 bits per heavy atom. The zero-order chi connectivity index (χ0) is 14.5. The molecule has 1 unspecified atom stereocenters. The Labute approximate surface area is 118 Å². The maximum absolute atomic E-state index is 11.5. The molecule has 110 valence electrons. The first-order chi connectivity index (χ1) is 9.60. The van der Waals surface area contributed by atoms with Crippen LogP contribution < -0.4 is 5.32 Å². The smallest absolute Gasteiger partial charge is 0.341 e. The number of ether oxygens (including phenoxy) is 1. The van der Waals surface area contributed by atoms with E-state index in [-0.39, 0.29) is 11.9 Å². The van der Waals surface area contributed by atoms with Crippen LogP contribution in [0.1, 0.15) is 35.9 Å². The van der Waals surface area contributed by atoms with Gasteiger partial charge in [-0.3, -0.25) is 4.79 Å². The van der Waals surface area contributed by atoms with Crippen LogP contribution in [-0.4, -0.2) is 43.0 Å². The van der Waals surface area contributed by atoms with Gasteiger partial charge in [-0.25, -0.2) is 4.79 Å². The van der Waals surface area contributed by atoms with Crippen molar-refractivity contribution >= 4 is 11.9 Å². The lowest BCUT2D eigenvalue weighted by Gasteiger charge is -2.21. The Morgan fingerprint density at radius 3 is 3.05 bits per heavy atom. The lowest BCUT2D eigenvalue weighted by Crippen LogP contribution is -2.39. The van der Waals surface area contributed by atoms with Gasteiger partial charge in [0, 0.05) is 25.6 Å². The number of hydrogen-bond donors (Lipinski definition) is 1. The van der Waals surface area contributed by atoms with Crippen LogP contribution in [0.2, 0.25) is 0 Å². The Bertz CT molecular complexity index is 483. The molecule has 6 heteroatoms. The van der Waals surface area contributed by atoms with E-state index >= 15 is 0 Å². The monoisotopic (exact) mass is 280 g/mol. The van der Waals surface area contributed by atoms with Crippen molar-refractivity contribution in [1.29, 1.82) is 0 Å². The van der Waals surface area contributed by atoms with Crippen LogP contribution in [0, 0.1) is 0 Å². The number of carbonyl (C=O) groups excluding carboxylic acids is 2. The molecule has 20 heavy (non-hydrogen) atoms. The second-order valence-corrected chi connectivity index (χ2v) is 5.02. The van der Waals surface area contributed by atoms with Crippen molar-refractivity contribution in [3.63, 3.8) is 0 Å². The van der Waals surface area contributed by atoms with Crippen molar-refractivity contribution in [1.82, 2.24) is 10.2 Å². The lowest BCUT2D eigenvalue weighted by molar-refractivity contribution is -0.127. The molecule has 1 amide bonds. The van der Waals surface area contributed by atoms with Gasteiger partial charge in [0.2, 0.25) is 5.91 Å². The van der Waals surface area contributed by atoms with Gasteiger partial charge in [-0.1, -0.05) is 0 Å². The number of methoxy groups -OCH3 is 1. The van der Waals surface area contributed by atoms with Crippen molar-refractivity contribution in [3.05, 3.63) is 23.7 Å². The fraction of sp³-hybridized carbons (Fsp3) is 0.571. The number of hydrogen-bond acceptors (Lipinski definition) is 5. The van der Waals surface area contributed by atoms with Crippen molar-refractivity contribution in [2.75, 3.05) is 20.2 Å². The highest BCUT2D eigenvalue weighted by molar-refractivity contribution is 5.88. The first-order valence-corrected chi connectivity index (χ1v) is 6.77. The van der Waals surface area contributed by atoms with Crippen LogP contribution >= 0.6 is 0 Å². The van der Waals surface area contributed by atoms with Crippen LogP contribution in [0.25, 0.3) is 0 Å². The quantitative estimate of drug-likeness (QED) is 0.792. The van der Waals surface area contributed by atoms with Gasteiger partial charge in [-0.05, 0) is 19.4 Å². The van der Waals surface area contributed by atoms with Crippen LogP contribution in [0.15, 0.2) is 16.7 Å². The zero-order valence-corrected chi connectivity index (χ0v) is 11.8. The fourth-order valence-corrected chi connectivity index (χ4v) is 2.27. The van der Waals surface area contributed by atoms with Gasteiger partial charge in [0.05, 0.1) is 19.2 Å². The minimum atomic E-state index is -0.407. The number of rotatable bonds is 6. The maximum atomic E-state index is 11.5. The molecule has 1 saturated heterocycles. The third kappa shape index (κ3) is 3.60. The number of likely N-dealkylation sites (tertiary alicyclic amines) is 1. The number of nitrogens with one attached hydrogen (secondary N) is 1. The average Bonchev–Trinajstić information content (AvgIpc) is 3.06. The molecule has 1 aromatic heterocycles. The molecular weight excluding hydrogens is 260 g/mol. The van der Waals surface area contributed by atoms with Gasteiger partial charge >= 0.3 is 5.97 Å². The number of esters is 1. The highest BCUT2D eigenvalue weighted by Crippen LogP contribution is 2.11. The van der Waals surface area contributed by atoms with Gasteiger partial charge in [-0.2, -0.15) is 0 Å². The first kappa shape index (κ1) is 14.6. The van der Waals surface area contributed by atoms with Crippen LogP contribution in [0.4, 0.5) is 0 Å². The SMILES string of the molecule is COC(=O)c1coc(CNC(C)CN2CCCC2=O)c1. The molecule has 1 N–H and O–H groups in total. The van der Waals surface area contributed by atoms with Crippen molar-refractivity contribution in [2.45, 2.75) is 32.4 Å². The number of nitrogens with zero attached hydrogens (tertiary/aromatic N) is 1. The molecule has 0 spiro atoms. The highest BCUT2D eigenvalue weighted by atomic mass is 16.5. The van der Waals surface area contributed by atoms with E-state index in [1.807, 2.05) is 11.8 Å². The molecule has 1 aliphatic heterocycles. The normalized spacial score (nSPS) is 16.5. The van der Waals surface area contributed by atoms with E-state index in [0.29, 0.717) is 30.8 Å². The summed E-state index contributed by atoms with van der Waals surface area (Å²) in [6.07, 6.45) is 3.00. The number of carbonyl (C=O) groups is 2. The Balaban J connectivity index is 1.78. The van der Waals surface area contributed by atoms with E-state index in [0.717, 1.165) is 13.0 Å². The van der Waals surface area contributed by atoms with E-state index in [9.17, 15) is 9.59 Å². The largest absolute Gasteiger partial charge is 0.467 e. The molecule has 1 aromatic rings. The molecular formula is C14H20N2O4. The predicted molar refractivity (Wildman–Crippen MR) is 72.2 cm³/mol. The fourth-order valence-electron chi connectivity index (χ4n) is 2.27. The third-order valence-electron chi connectivity index (χ3n) is 3.37. The summed E-state index contributed by atoms with van der Waals surface area (Å²) in [7, 11) is 1.34. The molecule has 1 atom stereocenters. The molecule has 6 nitrogen and oxygen atoms in total.